The van der Waals surface area contributed by atoms with E-state index in [1.807, 2.05) is 0 Å². The molecule has 0 heterocycles. The van der Waals surface area contributed by atoms with Crippen molar-refractivity contribution in [1.29, 1.82) is 0 Å². The van der Waals surface area contributed by atoms with Crippen molar-refractivity contribution in [1.82, 2.24) is 0 Å². The molecule has 0 saturated heterocycles. The van der Waals surface area contributed by atoms with E-state index in [1.54, 1.807) is 21.1 Å². The van der Waals surface area contributed by atoms with Crippen molar-refractivity contribution in [3.63, 3.8) is 0 Å². The third kappa shape index (κ3) is 44.7. The minimum Gasteiger partial charge on any atom is -0.544 e. The van der Waals surface area contributed by atoms with E-state index >= 15 is 0 Å². The number of carboxylic acid groups (broad SMARTS) is 1. The quantitative estimate of drug-likeness (QED) is 0.0259. The second kappa shape index (κ2) is 47.1. The third-order valence-corrected chi connectivity index (χ3v) is 12.2. The van der Waals surface area contributed by atoms with Gasteiger partial charge >= 0.3 is 11.9 Å². The molecule has 64 heavy (non-hydrogen) atoms. The molecule has 0 rings (SSSR count). The topological polar surface area (TPSA) is 102 Å². The van der Waals surface area contributed by atoms with Gasteiger partial charge in [0.05, 0.1) is 40.3 Å². The predicted octanol–water partition coefficient (Wildman–Crippen LogP) is 14.4. The van der Waals surface area contributed by atoms with Crippen LogP contribution in [0, 0.1) is 0 Å². The number of carbonyl (C=O) groups excluding carboxylic acids is 3. The average molecular weight is 902 g/mol. The van der Waals surface area contributed by atoms with E-state index < -0.39 is 18.1 Å². The summed E-state index contributed by atoms with van der Waals surface area (Å²) < 4.78 is 17.3. The van der Waals surface area contributed by atoms with Gasteiger partial charge in [-0.15, -0.1) is 0 Å². The highest BCUT2D eigenvalue weighted by Gasteiger charge is 2.25. The summed E-state index contributed by atoms with van der Waals surface area (Å²) >= 11 is 0. The molecule has 0 aromatic carbocycles. The number of nitrogens with zero attached hydrogens (tertiary/aromatic N) is 1. The zero-order chi connectivity index (χ0) is 47.0. The Morgan fingerprint density at radius 3 is 1.25 bits per heavy atom. The highest BCUT2D eigenvalue weighted by molar-refractivity contribution is 5.70. The lowest BCUT2D eigenvalue weighted by molar-refractivity contribution is -0.889. The fraction of sp³-hybridized carbons (Fsp3) is 0.839. The van der Waals surface area contributed by atoms with E-state index in [0.717, 1.165) is 51.4 Å². The van der Waals surface area contributed by atoms with E-state index in [9.17, 15) is 19.5 Å². The maximum atomic E-state index is 12.8. The lowest BCUT2D eigenvalue weighted by atomic mass is 10.0. The molecule has 0 N–H and O–H groups in total. The van der Waals surface area contributed by atoms with Crippen LogP contribution in [0.1, 0.15) is 251 Å². The molecule has 0 fully saturated rings. The molecule has 0 radical (unpaired) electrons. The first-order valence-corrected chi connectivity index (χ1v) is 27.0. The van der Waals surface area contributed by atoms with Gasteiger partial charge in [0.25, 0.3) is 0 Å². The fourth-order valence-corrected chi connectivity index (χ4v) is 8.04. The Labute approximate surface area is 395 Å². The lowest BCUT2D eigenvalue weighted by Gasteiger charge is -2.34. The van der Waals surface area contributed by atoms with Crippen LogP contribution in [-0.4, -0.2) is 75.5 Å². The van der Waals surface area contributed by atoms with Gasteiger partial charge in [0.15, 0.2) is 6.10 Å². The Bertz CT molecular complexity index is 1140. The highest BCUT2D eigenvalue weighted by Crippen LogP contribution is 2.16. The van der Waals surface area contributed by atoms with Crippen molar-refractivity contribution in [2.45, 2.75) is 264 Å². The number of ether oxygens (including phenoxy) is 3. The number of aliphatic carboxylic acids is 1. The minimum absolute atomic E-state index is 0.0393. The van der Waals surface area contributed by atoms with E-state index in [-0.39, 0.29) is 42.7 Å². The Morgan fingerprint density at radius 2 is 0.828 bits per heavy atom. The number of quaternary nitrogens is 1. The monoisotopic (exact) mass is 902 g/mol. The summed E-state index contributed by atoms with van der Waals surface area (Å²) in [7, 11) is 5.42. The maximum Gasteiger partial charge on any atom is 0.306 e. The van der Waals surface area contributed by atoms with Gasteiger partial charge in [-0.05, 0) is 70.6 Å². The summed E-state index contributed by atoms with van der Waals surface area (Å²) in [5, 5.41) is 11.7. The zero-order valence-electron chi connectivity index (χ0n) is 42.7. The number of carbonyl (C=O) groups is 3. The molecular formula is C56H103NO7. The normalized spacial score (nSPS) is 13.1. The van der Waals surface area contributed by atoms with Crippen molar-refractivity contribution >= 4 is 17.9 Å². The number of unbranched alkanes of at least 4 members (excludes halogenated alkanes) is 29. The maximum absolute atomic E-state index is 12.8. The summed E-state index contributed by atoms with van der Waals surface area (Å²) in [4.78, 5) is 37.1. The highest BCUT2D eigenvalue weighted by atomic mass is 16.6. The van der Waals surface area contributed by atoms with Crippen LogP contribution >= 0.6 is 0 Å². The SMILES string of the molecule is CCCCC/C=C\C/C=C\CCCCCCCCCC(=O)OC(COCCC(C(=O)[O-])[N+](C)(C)C)COC(=O)CCCCCCCCCCCCC/C=C\CCCCCCCCCC. The summed E-state index contributed by atoms with van der Waals surface area (Å²) in [5.41, 5.74) is 0. The third-order valence-electron chi connectivity index (χ3n) is 12.2. The molecule has 2 unspecified atom stereocenters. The molecule has 0 saturated carbocycles. The van der Waals surface area contributed by atoms with Gasteiger partial charge in [0, 0.05) is 19.3 Å². The molecule has 0 aromatic heterocycles. The summed E-state index contributed by atoms with van der Waals surface area (Å²) in [6, 6.07) is -0.727. The van der Waals surface area contributed by atoms with Gasteiger partial charge in [-0.2, -0.15) is 0 Å². The van der Waals surface area contributed by atoms with Crippen molar-refractivity contribution in [2.75, 3.05) is 41.0 Å². The van der Waals surface area contributed by atoms with Crippen LogP contribution in [0.15, 0.2) is 36.5 Å². The van der Waals surface area contributed by atoms with E-state index in [4.69, 9.17) is 14.2 Å². The first kappa shape index (κ1) is 61.5. The Balaban J connectivity index is 4.18. The zero-order valence-corrected chi connectivity index (χ0v) is 42.7. The standard InChI is InChI=1S/C56H103NO7/c1-6-8-10-12-14-16-18-20-22-24-25-26-27-28-29-31-32-34-36-38-40-42-44-46-54(58)63-51-52(50-62-49-48-53(56(60)61)57(3,4)5)64-55(59)47-45-43-41-39-37-35-33-30-23-21-19-17-15-13-11-9-7-2/h15,17,21,23-25,52-53H,6-14,16,18-20,22,26-51H2,1-5H3/b17-15-,23-21-,25-24-. The molecule has 8 nitrogen and oxygen atoms in total. The number of allylic oxidation sites excluding steroid dienone is 6. The lowest BCUT2D eigenvalue weighted by Crippen LogP contribution is -2.55. The number of esters is 2. The summed E-state index contributed by atoms with van der Waals surface area (Å²) in [6.45, 7) is 4.66. The second-order valence-corrected chi connectivity index (χ2v) is 19.5. The van der Waals surface area contributed by atoms with Crippen molar-refractivity contribution in [3.05, 3.63) is 36.5 Å². The Kier molecular flexibility index (Phi) is 45.3. The first-order valence-electron chi connectivity index (χ1n) is 27.0. The summed E-state index contributed by atoms with van der Waals surface area (Å²) in [6.07, 6.45) is 56.0. The second-order valence-electron chi connectivity index (χ2n) is 19.5. The average Bonchev–Trinajstić information content (AvgIpc) is 3.26. The summed E-state index contributed by atoms with van der Waals surface area (Å²) in [5.74, 6) is -1.73. The van der Waals surface area contributed by atoms with Crippen molar-refractivity contribution in [3.8, 4) is 0 Å². The smallest absolute Gasteiger partial charge is 0.306 e. The molecule has 0 spiro atoms. The van der Waals surface area contributed by atoms with Crippen LogP contribution < -0.4 is 5.11 Å². The van der Waals surface area contributed by atoms with E-state index in [2.05, 4.69) is 50.3 Å². The van der Waals surface area contributed by atoms with Crippen LogP contribution in [0.5, 0.6) is 0 Å². The first-order chi connectivity index (χ1) is 31.1. The molecule has 0 aliphatic carbocycles. The number of likely N-dealkylation sites (N-methyl/N-ethyl adjacent to an activating group) is 1. The Hall–Kier alpha value is -2.45. The van der Waals surface area contributed by atoms with Gasteiger partial charge in [0.2, 0.25) is 0 Å². The molecule has 0 aliphatic rings. The van der Waals surface area contributed by atoms with Crippen LogP contribution in [0.25, 0.3) is 0 Å². The molecule has 0 aliphatic heterocycles. The van der Waals surface area contributed by atoms with Gasteiger partial charge in [-0.25, -0.2) is 0 Å². The van der Waals surface area contributed by atoms with Crippen molar-refractivity contribution in [2.24, 2.45) is 0 Å². The minimum atomic E-state index is -1.12. The van der Waals surface area contributed by atoms with Crippen LogP contribution in [0.2, 0.25) is 0 Å². The van der Waals surface area contributed by atoms with Gasteiger partial charge in [-0.3, -0.25) is 9.59 Å². The molecular weight excluding hydrogens is 799 g/mol. The molecule has 374 valence electrons. The van der Waals surface area contributed by atoms with Crippen LogP contribution in [-0.2, 0) is 28.6 Å². The number of hydrogen-bond acceptors (Lipinski definition) is 7. The number of carboxylic acids is 1. The van der Waals surface area contributed by atoms with Crippen LogP contribution in [0.3, 0.4) is 0 Å². The van der Waals surface area contributed by atoms with Gasteiger partial charge in [-0.1, -0.05) is 198 Å². The van der Waals surface area contributed by atoms with Crippen LogP contribution in [0.4, 0.5) is 0 Å². The molecule has 8 heteroatoms. The number of rotatable bonds is 49. The molecule has 2 atom stereocenters. The fourth-order valence-electron chi connectivity index (χ4n) is 8.04. The van der Waals surface area contributed by atoms with Crippen molar-refractivity contribution < 1.29 is 38.2 Å². The molecule has 0 amide bonds. The van der Waals surface area contributed by atoms with E-state index in [1.165, 1.54) is 167 Å². The van der Waals surface area contributed by atoms with E-state index in [0.29, 0.717) is 12.8 Å². The number of hydrogen-bond donors (Lipinski definition) is 0. The molecule has 0 aromatic rings. The Morgan fingerprint density at radius 1 is 0.469 bits per heavy atom. The van der Waals surface area contributed by atoms with Gasteiger partial charge < -0.3 is 28.6 Å². The largest absolute Gasteiger partial charge is 0.544 e. The van der Waals surface area contributed by atoms with Gasteiger partial charge in [0.1, 0.15) is 12.6 Å². The predicted molar refractivity (Wildman–Crippen MR) is 268 cm³/mol. The molecule has 0 bridgehead atoms.